The smallest absolute Gasteiger partial charge is 0.339 e. The number of hydrogen-bond donors (Lipinski definition) is 0. The molecule has 3 aromatic rings. The number of pyridine rings is 1. The molecule has 0 spiro atoms. The van der Waals surface area contributed by atoms with Crippen LogP contribution in [0.3, 0.4) is 0 Å². The molecule has 1 atom stereocenters. The third kappa shape index (κ3) is 4.57. The fourth-order valence-corrected chi connectivity index (χ4v) is 4.22. The van der Waals surface area contributed by atoms with Crippen LogP contribution in [0.25, 0.3) is 11.0 Å². The van der Waals surface area contributed by atoms with Gasteiger partial charge in [0.05, 0.1) is 29.5 Å². The molecular formula is C24H27F2N5O3. The lowest BCUT2D eigenvalue weighted by molar-refractivity contribution is -0.136. The minimum absolute atomic E-state index is 0.0897. The van der Waals surface area contributed by atoms with E-state index < -0.39 is 23.6 Å². The van der Waals surface area contributed by atoms with E-state index in [9.17, 15) is 18.4 Å². The highest BCUT2D eigenvalue weighted by molar-refractivity contribution is 5.89. The summed E-state index contributed by atoms with van der Waals surface area (Å²) in [5, 5.41) is 0. The Morgan fingerprint density at radius 2 is 1.76 bits per heavy atom. The highest BCUT2D eigenvalue weighted by Crippen LogP contribution is 2.28. The standard InChI is InChI=1S/C24H27F2N5O3/c1-4-34-24(33)16-5-6-21(27-13-16)29-7-9-30(10-8-29)23(32)22(15(2)3)31-14-28-19-11-17(25)18(26)12-20(19)31/h5-6,11-15,22H,4,7-10H2,1-3H3. The quantitative estimate of drug-likeness (QED) is 0.513. The molecule has 8 nitrogen and oxygen atoms in total. The molecule has 1 fully saturated rings. The second-order valence-electron chi connectivity index (χ2n) is 8.53. The van der Waals surface area contributed by atoms with Gasteiger partial charge in [0.15, 0.2) is 11.6 Å². The molecule has 0 saturated carbocycles. The Morgan fingerprint density at radius 1 is 1.06 bits per heavy atom. The van der Waals surface area contributed by atoms with Crippen molar-refractivity contribution in [1.82, 2.24) is 19.4 Å². The first-order valence-corrected chi connectivity index (χ1v) is 11.3. The van der Waals surface area contributed by atoms with Crippen LogP contribution in [0.4, 0.5) is 14.6 Å². The van der Waals surface area contributed by atoms with E-state index in [1.807, 2.05) is 18.7 Å². The minimum atomic E-state index is -0.973. The summed E-state index contributed by atoms with van der Waals surface area (Å²) in [4.78, 5) is 37.7. The monoisotopic (exact) mass is 471 g/mol. The number of ether oxygens (including phenoxy) is 1. The van der Waals surface area contributed by atoms with Crippen LogP contribution in [0.1, 0.15) is 37.2 Å². The highest BCUT2D eigenvalue weighted by atomic mass is 19.2. The third-order valence-electron chi connectivity index (χ3n) is 5.98. The highest BCUT2D eigenvalue weighted by Gasteiger charge is 2.32. The number of imidazole rings is 1. The molecule has 0 aliphatic carbocycles. The Labute approximate surface area is 196 Å². The van der Waals surface area contributed by atoms with Gasteiger partial charge < -0.3 is 19.1 Å². The maximum Gasteiger partial charge on any atom is 0.339 e. The second-order valence-corrected chi connectivity index (χ2v) is 8.53. The van der Waals surface area contributed by atoms with Gasteiger partial charge >= 0.3 is 5.97 Å². The van der Waals surface area contributed by atoms with E-state index in [1.165, 1.54) is 12.5 Å². The van der Waals surface area contributed by atoms with Crippen LogP contribution in [0.2, 0.25) is 0 Å². The minimum Gasteiger partial charge on any atom is -0.462 e. The predicted octanol–water partition coefficient (Wildman–Crippen LogP) is 3.43. The Balaban J connectivity index is 1.47. The number of carbonyl (C=O) groups excluding carboxylic acids is 2. The Morgan fingerprint density at radius 3 is 2.38 bits per heavy atom. The number of fused-ring (bicyclic) bond motifs is 1. The largest absolute Gasteiger partial charge is 0.462 e. The number of halogens is 2. The molecule has 0 radical (unpaired) electrons. The van der Waals surface area contributed by atoms with Crippen molar-refractivity contribution in [2.75, 3.05) is 37.7 Å². The molecule has 10 heteroatoms. The van der Waals surface area contributed by atoms with Crippen molar-refractivity contribution < 1.29 is 23.1 Å². The molecule has 180 valence electrons. The van der Waals surface area contributed by atoms with Crippen LogP contribution < -0.4 is 4.90 Å². The summed E-state index contributed by atoms with van der Waals surface area (Å²) in [5.74, 6) is -1.81. The van der Waals surface area contributed by atoms with Gasteiger partial charge in [-0.25, -0.2) is 23.5 Å². The zero-order valence-electron chi connectivity index (χ0n) is 19.4. The summed E-state index contributed by atoms with van der Waals surface area (Å²) in [5.41, 5.74) is 1.08. The summed E-state index contributed by atoms with van der Waals surface area (Å²) < 4.78 is 34.1. The van der Waals surface area contributed by atoms with Crippen molar-refractivity contribution in [2.24, 2.45) is 5.92 Å². The molecule has 3 heterocycles. The van der Waals surface area contributed by atoms with Crippen molar-refractivity contribution >= 4 is 28.7 Å². The van der Waals surface area contributed by atoms with Crippen LogP contribution in [-0.2, 0) is 9.53 Å². The van der Waals surface area contributed by atoms with E-state index in [4.69, 9.17) is 4.74 Å². The van der Waals surface area contributed by atoms with Crippen LogP contribution >= 0.6 is 0 Å². The molecule has 1 aliphatic rings. The average molecular weight is 472 g/mol. The normalized spacial score (nSPS) is 15.1. The van der Waals surface area contributed by atoms with Gasteiger partial charge in [0.25, 0.3) is 0 Å². The van der Waals surface area contributed by atoms with Gasteiger partial charge in [0, 0.05) is 44.5 Å². The maximum absolute atomic E-state index is 13.9. The molecule has 2 aromatic heterocycles. The fourth-order valence-electron chi connectivity index (χ4n) is 4.22. The van der Waals surface area contributed by atoms with Gasteiger partial charge in [0.1, 0.15) is 11.9 Å². The van der Waals surface area contributed by atoms with Crippen LogP contribution in [0.5, 0.6) is 0 Å². The number of aromatic nitrogens is 3. The number of piperazine rings is 1. The number of hydrogen-bond acceptors (Lipinski definition) is 6. The van der Waals surface area contributed by atoms with Gasteiger partial charge in [-0.05, 0) is 25.0 Å². The number of esters is 1. The van der Waals surface area contributed by atoms with E-state index in [0.717, 1.165) is 18.0 Å². The molecule has 1 aromatic carbocycles. The molecular weight excluding hydrogens is 444 g/mol. The van der Waals surface area contributed by atoms with Crippen molar-refractivity contribution in [3.05, 3.63) is 54.0 Å². The number of benzene rings is 1. The lowest BCUT2D eigenvalue weighted by Gasteiger charge is -2.38. The molecule has 1 amide bonds. The predicted molar refractivity (Wildman–Crippen MR) is 123 cm³/mol. The number of nitrogens with zero attached hydrogens (tertiary/aromatic N) is 5. The van der Waals surface area contributed by atoms with Crippen molar-refractivity contribution in [3.63, 3.8) is 0 Å². The summed E-state index contributed by atoms with van der Waals surface area (Å²) in [6.45, 7) is 8.00. The Bertz CT molecular complexity index is 1190. The first-order valence-electron chi connectivity index (χ1n) is 11.3. The average Bonchev–Trinajstić information content (AvgIpc) is 3.21. The van der Waals surface area contributed by atoms with E-state index >= 15 is 0 Å². The van der Waals surface area contributed by atoms with Gasteiger partial charge in [-0.2, -0.15) is 0 Å². The van der Waals surface area contributed by atoms with E-state index in [2.05, 4.69) is 9.97 Å². The maximum atomic E-state index is 13.9. The summed E-state index contributed by atoms with van der Waals surface area (Å²) in [6.07, 6.45) is 2.96. The molecule has 0 N–H and O–H groups in total. The van der Waals surface area contributed by atoms with Crippen molar-refractivity contribution in [2.45, 2.75) is 26.8 Å². The molecule has 1 aliphatic heterocycles. The molecule has 1 unspecified atom stereocenters. The number of amides is 1. The number of rotatable bonds is 6. The van der Waals surface area contributed by atoms with Crippen LogP contribution in [0.15, 0.2) is 36.8 Å². The van der Waals surface area contributed by atoms with Crippen molar-refractivity contribution in [3.8, 4) is 0 Å². The summed E-state index contributed by atoms with van der Waals surface area (Å²) in [7, 11) is 0. The van der Waals surface area contributed by atoms with Gasteiger partial charge in [0.2, 0.25) is 5.91 Å². The topological polar surface area (TPSA) is 80.6 Å². The van der Waals surface area contributed by atoms with Gasteiger partial charge in [-0.15, -0.1) is 0 Å². The van der Waals surface area contributed by atoms with Crippen molar-refractivity contribution in [1.29, 1.82) is 0 Å². The molecule has 1 saturated heterocycles. The Kier molecular flexibility index (Phi) is 6.76. The number of anilines is 1. The van der Waals surface area contributed by atoms with Crippen LogP contribution in [0, 0.1) is 17.6 Å². The Hall–Kier alpha value is -3.56. The van der Waals surface area contributed by atoms with Gasteiger partial charge in [-0.1, -0.05) is 13.8 Å². The zero-order valence-corrected chi connectivity index (χ0v) is 19.4. The lowest BCUT2D eigenvalue weighted by Crippen LogP contribution is -2.51. The SMILES string of the molecule is CCOC(=O)c1ccc(N2CCN(C(=O)C(C(C)C)n3cnc4cc(F)c(F)cc43)CC2)nc1. The molecule has 34 heavy (non-hydrogen) atoms. The third-order valence-corrected chi connectivity index (χ3v) is 5.98. The van der Waals surface area contributed by atoms with Gasteiger partial charge in [-0.3, -0.25) is 4.79 Å². The van der Waals surface area contributed by atoms with E-state index in [-0.39, 0.29) is 11.8 Å². The van der Waals surface area contributed by atoms with E-state index in [1.54, 1.807) is 28.5 Å². The fraction of sp³-hybridized carbons (Fsp3) is 0.417. The summed E-state index contributed by atoms with van der Waals surface area (Å²) >= 11 is 0. The lowest BCUT2D eigenvalue weighted by atomic mass is 10.0. The first kappa shape index (κ1) is 23.6. The molecule has 0 bridgehead atoms. The van der Waals surface area contributed by atoms with Crippen LogP contribution in [-0.4, -0.2) is 64.1 Å². The van der Waals surface area contributed by atoms with E-state index in [0.29, 0.717) is 49.4 Å². The first-order chi connectivity index (χ1) is 16.3. The summed E-state index contributed by atoms with van der Waals surface area (Å²) in [6, 6.07) is 4.99. The second kappa shape index (κ2) is 9.74. The zero-order chi connectivity index (χ0) is 24.4. The molecule has 4 rings (SSSR count). The number of carbonyl (C=O) groups is 2.